The number of benzene rings is 2. The molecule has 0 unspecified atom stereocenters. The SMILES string of the molecule is Cc1c(N)cc(Cl)cc1CN1CCN(C(=O)c2ccccc2)CC1. The van der Waals surface area contributed by atoms with Gasteiger partial charge in [0.1, 0.15) is 0 Å². The van der Waals surface area contributed by atoms with Crippen LogP contribution in [0.15, 0.2) is 42.5 Å². The first-order valence-electron chi connectivity index (χ1n) is 8.16. The zero-order valence-electron chi connectivity index (χ0n) is 13.8. The third-order valence-corrected chi connectivity index (χ3v) is 4.81. The number of hydrogen-bond acceptors (Lipinski definition) is 3. The zero-order valence-corrected chi connectivity index (χ0v) is 14.6. The number of piperazine rings is 1. The van der Waals surface area contributed by atoms with Crippen molar-refractivity contribution in [1.29, 1.82) is 0 Å². The van der Waals surface area contributed by atoms with Crippen molar-refractivity contribution in [3.8, 4) is 0 Å². The Balaban J connectivity index is 1.61. The molecule has 5 heteroatoms. The van der Waals surface area contributed by atoms with Crippen molar-refractivity contribution in [3.63, 3.8) is 0 Å². The highest BCUT2D eigenvalue weighted by Gasteiger charge is 2.22. The second kappa shape index (κ2) is 7.24. The molecule has 1 amide bonds. The predicted octanol–water partition coefficient (Wildman–Crippen LogP) is 3.19. The number of amides is 1. The van der Waals surface area contributed by atoms with E-state index in [4.69, 9.17) is 17.3 Å². The quantitative estimate of drug-likeness (QED) is 0.871. The summed E-state index contributed by atoms with van der Waals surface area (Å²) in [6, 6.07) is 13.2. The van der Waals surface area contributed by atoms with Crippen LogP contribution >= 0.6 is 11.6 Å². The predicted molar refractivity (Wildman–Crippen MR) is 98.2 cm³/mol. The summed E-state index contributed by atoms with van der Waals surface area (Å²) in [7, 11) is 0. The lowest BCUT2D eigenvalue weighted by Crippen LogP contribution is -2.48. The summed E-state index contributed by atoms with van der Waals surface area (Å²) in [6.45, 7) is 6.01. The molecular formula is C19H22ClN3O. The Kier molecular flexibility index (Phi) is 5.07. The van der Waals surface area contributed by atoms with Crippen LogP contribution in [-0.2, 0) is 6.54 Å². The van der Waals surface area contributed by atoms with Crippen molar-refractivity contribution in [2.75, 3.05) is 31.9 Å². The molecule has 0 aromatic heterocycles. The molecule has 4 nitrogen and oxygen atoms in total. The summed E-state index contributed by atoms with van der Waals surface area (Å²) in [4.78, 5) is 16.7. The Morgan fingerprint density at radius 2 is 1.79 bits per heavy atom. The van der Waals surface area contributed by atoms with E-state index >= 15 is 0 Å². The Labute approximate surface area is 147 Å². The first-order valence-corrected chi connectivity index (χ1v) is 8.53. The van der Waals surface area contributed by atoms with Crippen molar-refractivity contribution < 1.29 is 4.79 Å². The Morgan fingerprint density at radius 3 is 2.46 bits per heavy atom. The lowest BCUT2D eigenvalue weighted by Gasteiger charge is -2.35. The first-order chi connectivity index (χ1) is 11.5. The minimum Gasteiger partial charge on any atom is -0.398 e. The molecule has 1 fully saturated rings. The Hall–Kier alpha value is -2.04. The molecule has 2 N–H and O–H groups in total. The summed E-state index contributed by atoms with van der Waals surface area (Å²) in [5.74, 6) is 0.110. The number of nitrogens with zero attached hydrogens (tertiary/aromatic N) is 2. The van der Waals surface area contributed by atoms with E-state index in [1.807, 2.05) is 48.2 Å². The van der Waals surface area contributed by atoms with E-state index in [0.29, 0.717) is 5.02 Å². The van der Waals surface area contributed by atoms with Crippen LogP contribution in [0.1, 0.15) is 21.5 Å². The van der Waals surface area contributed by atoms with Gasteiger partial charge in [-0.1, -0.05) is 29.8 Å². The molecule has 3 rings (SSSR count). The summed E-state index contributed by atoms with van der Waals surface area (Å²) in [5, 5.41) is 0.672. The van der Waals surface area contributed by atoms with Crippen molar-refractivity contribution in [2.45, 2.75) is 13.5 Å². The molecule has 1 heterocycles. The van der Waals surface area contributed by atoms with Gasteiger partial charge in [0.15, 0.2) is 0 Å². The number of anilines is 1. The molecule has 126 valence electrons. The molecule has 1 aliphatic rings. The molecule has 2 aromatic carbocycles. The molecule has 2 aromatic rings. The zero-order chi connectivity index (χ0) is 17.1. The maximum Gasteiger partial charge on any atom is 0.253 e. The first kappa shape index (κ1) is 16.8. The summed E-state index contributed by atoms with van der Waals surface area (Å²) in [6.07, 6.45) is 0. The van der Waals surface area contributed by atoms with E-state index in [0.717, 1.165) is 55.1 Å². The van der Waals surface area contributed by atoms with Crippen LogP contribution in [0.5, 0.6) is 0 Å². The topological polar surface area (TPSA) is 49.6 Å². The van der Waals surface area contributed by atoms with Crippen molar-refractivity contribution >= 4 is 23.2 Å². The largest absolute Gasteiger partial charge is 0.398 e. The van der Waals surface area contributed by atoms with Gasteiger partial charge in [0, 0.05) is 49.0 Å². The highest BCUT2D eigenvalue weighted by molar-refractivity contribution is 6.31. The van der Waals surface area contributed by atoms with Crippen molar-refractivity contribution in [3.05, 3.63) is 64.2 Å². The molecule has 24 heavy (non-hydrogen) atoms. The number of rotatable bonds is 3. The van der Waals surface area contributed by atoms with Gasteiger partial charge >= 0.3 is 0 Å². The fraction of sp³-hybridized carbons (Fsp3) is 0.316. The molecule has 0 saturated carbocycles. The normalized spacial score (nSPS) is 15.5. The highest BCUT2D eigenvalue weighted by atomic mass is 35.5. The van der Waals surface area contributed by atoms with Gasteiger partial charge in [-0.2, -0.15) is 0 Å². The molecule has 0 spiro atoms. The van der Waals surface area contributed by atoms with Crippen molar-refractivity contribution in [2.24, 2.45) is 0 Å². The average Bonchev–Trinajstić information content (AvgIpc) is 2.60. The van der Waals surface area contributed by atoms with Gasteiger partial charge in [-0.15, -0.1) is 0 Å². The van der Waals surface area contributed by atoms with Crippen molar-refractivity contribution in [1.82, 2.24) is 9.80 Å². The third kappa shape index (κ3) is 3.71. The second-order valence-electron chi connectivity index (χ2n) is 6.21. The maximum absolute atomic E-state index is 12.5. The molecule has 0 radical (unpaired) electrons. The number of nitrogens with two attached hydrogens (primary N) is 1. The standard InChI is InChI=1S/C19H22ClN3O/c1-14-16(11-17(20)12-18(14)21)13-22-7-9-23(10-8-22)19(24)15-5-3-2-4-6-15/h2-6,11-12H,7-10,13,21H2,1H3. The summed E-state index contributed by atoms with van der Waals surface area (Å²) < 4.78 is 0. The summed E-state index contributed by atoms with van der Waals surface area (Å²) in [5.41, 5.74) is 9.72. The van der Waals surface area contributed by atoms with Crippen LogP contribution in [0.2, 0.25) is 5.02 Å². The molecule has 1 saturated heterocycles. The smallest absolute Gasteiger partial charge is 0.253 e. The lowest BCUT2D eigenvalue weighted by molar-refractivity contribution is 0.0628. The van der Waals surface area contributed by atoms with Gasteiger partial charge < -0.3 is 10.6 Å². The maximum atomic E-state index is 12.5. The third-order valence-electron chi connectivity index (χ3n) is 4.59. The molecule has 0 aliphatic carbocycles. The number of hydrogen-bond donors (Lipinski definition) is 1. The van der Waals surface area contributed by atoms with Crippen LogP contribution in [0.4, 0.5) is 5.69 Å². The number of carbonyl (C=O) groups is 1. The van der Waals surface area contributed by atoms with E-state index in [-0.39, 0.29) is 5.91 Å². The number of halogens is 1. The fourth-order valence-corrected chi connectivity index (χ4v) is 3.29. The van der Waals surface area contributed by atoms with Crippen LogP contribution in [0.25, 0.3) is 0 Å². The second-order valence-corrected chi connectivity index (χ2v) is 6.65. The van der Waals surface area contributed by atoms with Gasteiger partial charge in [0.2, 0.25) is 0 Å². The van der Waals surface area contributed by atoms with E-state index in [2.05, 4.69) is 4.90 Å². The van der Waals surface area contributed by atoms with Crippen LogP contribution in [-0.4, -0.2) is 41.9 Å². The molecule has 1 aliphatic heterocycles. The number of nitrogen functional groups attached to an aromatic ring is 1. The Morgan fingerprint density at radius 1 is 1.12 bits per heavy atom. The lowest BCUT2D eigenvalue weighted by atomic mass is 10.1. The minimum absolute atomic E-state index is 0.110. The summed E-state index contributed by atoms with van der Waals surface area (Å²) >= 11 is 6.12. The van der Waals surface area contributed by atoms with E-state index in [1.54, 1.807) is 6.07 Å². The number of carbonyl (C=O) groups excluding carboxylic acids is 1. The van der Waals surface area contributed by atoms with E-state index in [9.17, 15) is 4.79 Å². The average molecular weight is 344 g/mol. The molecule has 0 bridgehead atoms. The van der Waals surface area contributed by atoms with Crippen LogP contribution in [0.3, 0.4) is 0 Å². The monoisotopic (exact) mass is 343 g/mol. The van der Waals surface area contributed by atoms with Gasteiger partial charge in [0.05, 0.1) is 0 Å². The van der Waals surface area contributed by atoms with Gasteiger partial charge in [-0.3, -0.25) is 9.69 Å². The molecular weight excluding hydrogens is 322 g/mol. The van der Waals surface area contributed by atoms with Crippen LogP contribution in [0, 0.1) is 6.92 Å². The van der Waals surface area contributed by atoms with Gasteiger partial charge in [0.25, 0.3) is 5.91 Å². The van der Waals surface area contributed by atoms with E-state index in [1.165, 1.54) is 0 Å². The van der Waals surface area contributed by atoms with Crippen LogP contribution < -0.4 is 5.73 Å². The van der Waals surface area contributed by atoms with Gasteiger partial charge in [-0.25, -0.2) is 0 Å². The highest BCUT2D eigenvalue weighted by Crippen LogP contribution is 2.24. The fourth-order valence-electron chi connectivity index (χ4n) is 3.04. The Bertz CT molecular complexity index is 725. The molecule has 0 atom stereocenters. The minimum atomic E-state index is 0.110. The van der Waals surface area contributed by atoms with Gasteiger partial charge in [-0.05, 0) is 42.3 Å². The van der Waals surface area contributed by atoms with E-state index < -0.39 is 0 Å².